The quantitative estimate of drug-likeness (QED) is 0.159. The number of benzene rings is 7. The second-order valence-electron chi connectivity index (χ2n) is 18.5. The molecule has 7 aromatic carbocycles. The smallest absolute Gasteiger partial charge is 0.298 e. The Morgan fingerprint density at radius 1 is 0.538 bits per heavy atom. The lowest BCUT2D eigenvalue weighted by Crippen LogP contribution is -2.26. The highest BCUT2D eigenvalue weighted by atomic mass is 19.3. The van der Waals surface area contributed by atoms with Gasteiger partial charge in [-0.2, -0.15) is 8.78 Å². The van der Waals surface area contributed by atoms with Gasteiger partial charge in [-0.05, 0) is 113 Å². The highest BCUT2D eigenvalue weighted by Gasteiger charge is 2.39. The molecular weight excluding hydrogens is 803 g/mol. The van der Waals surface area contributed by atoms with Gasteiger partial charge in [0.2, 0.25) is 0 Å². The van der Waals surface area contributed by atoms with Crippen molar-refractivity contribution < 1.29 is 30.7 Å². The Kier molecular flexibility index (Phi) is 6.55. The number of anilines is 4. The number of rotatable bonds is 7. The standard InChI is InChI=1S/C59H54F2N4/c1-38-30-53-54(31-39(38)2)64(56-47(40-18-11-9-12-19-40)23-17-24-48(56)41-20-13-10-14-21-41)37-63(53)46-33-44(58(6,7)8)32-45(34-46)59(60,61)43-26-27-50-49-22-15-16-25-51(49)65(52(50)35-43)55-36-42(28-29-62-55)57(3,4)5/h9-36H,37H2,1-8H3/i9D,10D,11D,12D,13D,14D,15D,16D,18D,19D,20D,21D,22D,25D,26D,27D. The molecule has 0 spiro atoms. The van der Waals surface area contributed by atoms with Crippen LogP contribution in [0.3, 0.4) is 0 Å². The third kappa shape index (κ3) is 7.35. The van der Waals surface area contributed by atoms with Crippen LogP contribution in [0.15, 0.2) is 170 Å². The van der Waals surface area contributed by atoms with Gasteiger partial charge in [0.15, 0.2) is 0 Å². The van der Waals surface area contributed by atoms with Gasteiger partial charge in [0.05, 0.1) is 50.0 Å². The molecule has 4 nitrogen and oxygen atoms in total. The molecule has 1 aliphatic heterocycles. The van der Waals surface area contributed by atoms with Crippen LogP contribution in [0.5, 0.6) is 0 Å². The second-order valence-corrected chi connectivity index (χ2v) is 18.5. The predicted molar refractivity (Wildman–Crippen MR) is 268 cm³/mol. The average Bonchev–Trinajstić information content (AvgIpc) is 3.83. The molecule has 9 aromatic rings. The molecule has 1 aliphatic rings. The summed E-state index contributed by atoms with van der Waals surface area (Å²) in [5.74, 6) is -3.93. The molecule has 0 unspecified atom stereocenters. The third-order valence-corrected chi connectivity index (χ3v) is 12.2. The molecule has 0 radical (unpaired) electrons. The molecule has 0 bridgehead atoms. The van der Waals surface area contributed by atoms with Crippen molar-refractivity contribution >= 4 is 44.6 Å². The van der Waals surface area contributed by atoms with Crippen molar-refractivity contribution in [2.24, 2.45) is 0 Å². The van der Waals surface area contributed by atoms with Gasteiger partial charge in [-0.15, -0.1) is 0 Å². The van der Waals surface area contributed by atoms with Gasteiger partial charge in [-0.25, -0.2) is 4.98 Å². The van der Waals surface area contributed by atoms with E-state index in [4.69, 9.17) is 19.2 Å². The van der Waals surface area contributed by atoms with Crippen molar-refractivity contribution in [3.05, 3.63) is 203 Å². The summed E-state index contributed by atoms with van der Waals surface area (Å²) in [6.45, 7) is 14.9. The number of halogens is 2. The second kappa shape index (κ2) is 15.6. The summed E-state index contributed by atoms with van der Waals surface area (Å²) in [4.78, 5) is 8.04. The van der Waals surface area contributed by atoms with Crippen LogP contribution in [0.4, 0.5) is 31.5 Å². The Morgan fingerprint density at radius 3 is 1.74 bits per heavy atom. The van der Waals surface area contributed by atoms with E-state index >= 15 is 8.78 Å². The molecule has 0 saturated heterocycles. The van der Waals surface area contributed by atoms with E-state index in [1.807, 2.05) is 67.5 Å². The maximum Gasteiger partial charge on any atom is 0.298 e. The van der Waals surface area contributed by atoms with Crippen LogP contribution >= 0.6 is 0 Å². The zero-order chi connectivity index (χ0) is 59.3. The molecule has 3 heterocycles. The summed E-state index contributed by atoms with van der Waals surface area (Å²) in [7, 11) is 0. The normalized spacial score (nSPS) is 16.7. The summed E-state index contributed by atoms with van der Waals surface area (Å²) >= 11 is 0. The van der Waals surface area contributed by atoms with E-state index in [0.717, 1.165) is 22.8 Å². The van der Waals surface area contributed by atoms with E-state index in [0.29, 0.717) is 16.9 Å². The predicted octanol–water partition coefficient (Wildman–Crippen LogP) is 16.1. The Morgan fingerprint density at radius 2 is 1.11 bits per heavy atom. The van der Waals surface area contributed by atoms with Gasteiger partial charge < -0.3 is 9.80 Å². The molecule has 10 rings (SSSR count). The lowest BCUT2D eigenvalue weighted by molar-refractivity contribution is 0.0428. The minimum Gasteiger partial charge on any atom is -0.321 e. The summed E-state index contributed by atoms with van der Waals surface area (Å²) in [5, 5.41) is -0.269. The molecule has 324 valence electrons. The molecular formula is C59H54F2N4. The monoisotopic (exact) mass is 873 g/mol. The van der Waals surface area contributed by atoms with Crippen LogP contribution in [-0.4, -0.2) is 16.2 Å². The number of hydrogen-bond donors (Lipinski definition) is 0. The van der Waals surface area contributed by atoms with Gasteiger partial charge in [0.25, 0.3) is 5.92 Å². The molecule has 2 aromatic heterocycles. The topological polar surface area (TPSA) is 24.3 Å². The van der Waals surface area contributed by atoms with Crippen LogP contribution in [0.1, 0.15) is 96.9 Å². The first-order valence-corrected chi connectivity index (χ1v) is 21.2. The zero-order valence-corrected chi connectivity index (χ0v) is 37.2. The summed E-state index contributed by atoms with van der Waals surface area (Å²) in [5.41, 5.74) is 0.667. The minimum atomic E-state index is -4.07. The largest absolute Gasteiger partial charge is 0.321 e. The van der Waals surface area contributed by atoms with Crippen molar-refractivity contribution in [1.29, 1.82) is 0 Å². The fourth-order valence-electron chi connectivity index (χ4n) is 8.46. The minimum absolute atomic E-state index is 0.0493. The van der Waals surface area contributed by atoms with Crippen LogP contribution in [-0.2, 0) is 16.8 Å². The molecule has 0 amide bonds. The highest BCUT2D eigenvalue weighted by molar-refractivity contribution is 6.09. The van der Waals surface area contributed by atoms with Gasteiger partial charge in [-0.3, -0.25) is 4.57 Å². The number of pyridine rings is 1. The summed E-state index contributed by atoms with van der Waals surface area (Å²) in [6, 6.07) is 7.20. The molecule has 0 N–H and O–H groups in total. The summed E-state index contributed by atoms with van der Waals surface area (Å²) in [6.07, 6.45) is 1.51. The maximum absolute atomic E-state index is 18.4. The van der Waals surface area contributed by atoms with Crippen molar-refractivity contribution in [3.63, 3.8) is 0 Å². The lowest BCUT2D eigenvalue weighted by atomic mass is 9.84. The van der Waals surface area contributed by atoms with Crippen molar-refractivity contribution in [2.75, 3.05) is 16.5 Å². The van der Waals surface area contributed by atoms with Gasteiger partial charge in [0.1, 0.15) is 12.5 Å². The van der Waals surface area contributed by atoms with Crippen molar-refractivity contribution in [1.82, 2.24) is 9.55 Å². The lowest BCUT2D eigenvalue weighted by Gasteiger charge is -2.29. The SMILES string of the molecule is [2H]c1c([2H])c([2H])c(-c2cccc(-c3c([2H])c([2H])c([2H])c([2H])c3[2H])c2N2CN(c3cc(C(C)(C)C)cc(C(F)(F)c4cc5c(c([2H])c4[2H])c4c([2H])c([2H])c([2H])c([2H])c4n5-c4cc(C(C)(C)C)ccn4)c3)c3cc(C)c(C)cc32)c([2H])c1[2H]. The Hall–Kier alpha value is -7.05. The summed E-state index contributed by atoms with van der Waals surface area (Å²) < 4.78 is 180. The number of alkyl halides is 2. The number of para-hydroxylation sites is 2. The number of fused-ring (bicyclic) bond motifs is 4. The van der Waals surface area contributed by atoms with Crippen LogP contribution in [0, 0.1) is 13.8 Å². The molecule has 0 aliphatic carbocycles. The first kappa shape index (κ1) is 27.3. The van der Waals surface area contributed by atoms with Crippen LogP contribution in [0.2, 0.25) is 0 Å². The Labute approximate surface area is 403 Å². The highest BCUT2D eigenvalue weighted by Crippen LogP contribution is 2.52. The first-order valence-electron chi connectivity index (χ1n) is 29.2. The fraction of sp³-hybridized carbons (Fsp3) is 0.203. The number of aryl methyl sites for hydroxylation is 2. The van der Waals surface area contributed by atoms with E-state index < -0.39 is 125 Å². The Balaban J connectivity index is 1.24. The van der Waals surface area contributed by atoms with E-state index in [-0.39, 0.29) is 67.9 Å². The Bertz CT molecular complexity index is 4070. The number of hydrogen-bond acceptors (Lipinski definition) is 3. The van der Waals surface area contributed by atoms with Gasteiger partial charge in [0, 0.05) is 44.9 Å². The van der Waals surface area contributed by atoms with Crippen LogP contribution in [0.25, 0.3) is 49.9 Å². The van der Waals surface area contributed by atoms with Gasteiger partial charge >= 0.3 is 0 Å². The molecule has 0 atom stereocenters. The number of aromatic nitrogens is 2. The molecule has 6 heteroatoms. The van der Waals surface area contributed by atoms with Crippen LogP contribution < -0.4 is 9.80 Å². The number of nitrogens with zero attached hydrogens (tertiary/aromatic N) is 4. The molecule has 65 heavy (non-hydrogen) atoms. The van der Waals surface area contributed by atoms with E-state index in [2.05, 4.69) is 4.98 Å². The van der Waals surface area contributed by atoms with Crippen molar-refractivity contribution in [3.8, 4) is 28.1 Å². The average molecular weight is 873 g/mol. The first-order chi connectivity index (χ1) is 37.7. The molecule has 0 saturated carbocycles. The zero-order valence-electron chi connectivity index (χ0n) is 53.2. The molecule has 0 fully saturated rings. The van der Waals surface area contributed by atoms with Gasteiger partial charge in [-0.1, -0.05) is 150 Å². The fourth-order valence-corrected chi connectivity index (χ4v) is 8.46. The van der Waals surface area contributed by atoms with Crippen molar-refractivity contribution in [2.45, 2.75) is 72.1 Å². The van der Waals surface area contributed by atoms with E-state index in [1.165, 1.54) is 41.1 Å². The van der Waals surface area contributed by atoms with E-state index in [1.54, 1.807) is 28.0 Å². The maximum atomic E-state index is 18.4. The third-order valence-electron chi connectivity index (χ3n) is 12.2. The van der Waals surface area contributed by atoms with E-state index in [9.17, 15) is 2.74 Å².